The van der Waals surface area contributed by atoms with Gasteiger partial charge in [0.1, 0.15) is 0 Å². The fraction of sp³-hybridized carbons (Fsp3) is 0.571. The quantitative estimate of drug-likeness (QED) is 0.817. The lowest BCUT2D eigenvalue weighted by Crippen LogP contribution is -2.21. The van der Waals surface area contributed by atoms with Gasteiger partial charge in [-0.1, -0.05) is 17.7 Å². The maximum Gasteiger partial charge on any atom is 0.0409 e. The van der Waals surface area contributed by atoms with Crippen molar-refractivity contribution in [3.63, 3.8) is 0 Å². The highest BCUT2D eigenvalue weighted by Crippen LogP contribution is 2.24. The fourth-order valence-corrected chi connectivity index (χ4v) is 1.94. The van der Waals surface area contributed by atoms with Crippen LogP contribution in [-0.2, 0) is 6.54 Å². The molecule has 0 heterocycles. The topological polar surface area (TPSA) is 15.3 Å². The van der Waals surface area contributed by atoms with Crippen LogP contribution < -0.4 is 10.2 Å². The zero-order valence-electron chi connectivity index (χ0n) is 10.6. The van der Waals surface area contributed by atoms with Crippen LogP contribution in [0, 0.1) is 6.92 Å². The lowest BCUT2D eigenvalue weighted by Gasteiger charge is -2.21. The van der Waals surface area contributed by atoms with Gasteiger partial charge in [0, 0.05) is 31.9 Å². The predicted octanol–water partition coefficient (Wildman–Crippen LogP) is 2.70. The minimum absolute atomic E-state index is 0.778. The van der Waals surface area contributed by atoms with Gasteiger partial charge >= 0.3 is 0 Å². The van der Waals surface area contributed by atoms with Crippen LogP contribution in [0.3, 0.4) is 0 Å². The molecule has 88 valence electrons. The Morgan fingerprint density at radius 2 is 2.12 bits per heavy atom. The summed E-state index contributed by atoms with van der Waals surface area (Å²) in [5.41, 5.74) is 4.14. The first-order valence-electron chi connectivity index (χ1n) is 6.24. The molecule has 0 aromatic heterocycles. The fourth-order valence-electron chi connectivity index (χ4n) is 1.94. The van der Waals surface area contributed by atoms with E-state index in [0.717, 1.165) is 19.1 Å². The van der Waals surface area contributed by atoms with Gasteiger partial charge in [-0.05, 0) is 38.3 Å². The van der Waals surface area contributed by atoms with Gasteiger partial charge in [0.2, 0.25) is 0 Å². The van der Waals surface area contributed by atoms with E-state index in [1.807, 2.05) is 0 Å². The summed E-state index contributed by atoms with van der Waals surface area (Å²) in [7, 11) is 2.16. The molecule has 2 nitrogen and oxygen atoms in total. The molecule has 0 bridgehead atoms. The summed E-state index contributed by atoms with van der Waals surface area (Å²) in [6, 6.07) is 7.52. The average molecular weight is 218 g/mol. The summed E-state index contributed by atoms with van der Waals surface area (Å²) in [4.78, 5) is 2.31. The van der Waals surface area contributed by atoms with Crippen LogP contribution in [0.2, 0.25) is 0 Å². The second-order valence-corrected chi connectivity index (χ2v) is 4.80. The normalized spacial score (nSPS) is 15.2. The highest BCUT2D eigenvalue weighted by Gasteiger charge is 2.20. The van der Waals surface area contributed by atoms with Gasteiger partial charge in [0.25, 0.3) is 0 Å². The number of hydrogen-bond donors (Lipinski definition) is 1. The van der Waals surface area contributed by atoms with Crippen LogP contribution >= 0.6 is 0 Å². The standard InChI is InChI=1S/C14H22N2/c1-4-16(3)14-8-5-11(2)9-12(14)10-15-13-6-7-13/h5,8-9,13,15H,4,6-7,10H2,1-3H3. The van der Waals surface area contributed by atoms with Crippen molar-refractivity contribution >= 4 is 5.69 Å². The highest BCUT2D eigenvalue weighted by atomic mass is 15.1. The molecular formula is C14H22N2. The third-order valence-electron chi connectivity index (χ3n) is 3.28. The van der Waals surface area contributed by atoms with E-state index in [4.69, 9.17) is 0 Å². The number of hydrogen-bond acceptors (Lipinski definition) is 2. The van der Waals surface area contributed by atoms with Crippen molar-refractivity contribution in [2.45, 2.75) is 39.3 Å². The van der Waals surface area contributed by atoms with Crippen molar-refractivity contribution in [2.75, 3.05) is 18.5 Å². The first-order valence-corrected chi connectivity index (χ1v) is 6.24. The maximum absolute atomic E-state index is 3.59. The Morgan fingerprint density at radius 1 is 1.38 bits per heavy atom. The molecule has 1 aliphatic rings. The molecule has 1 aromatic carbocycles. The number of rotatable bonds is 5. The minimum atomic E-state index is 0.778. The first-order chi connectivity index (χ1) is 7.70. The lowest BCUT2D eigenvalue weighted by molar-refractivity contribution is 0.685. The zero-order chi connectivity index (χ0) is 11.5. The molecule has 0 atom stereocenters. The van der Waals surface area contributed by atoms with Crippen molar-refractivity contribution in [2.24, 2.45) is 0 Å². The summed E-state index contributed by atoms with van der Waals surface area (Å²) in [6.07, 6.45) is 2.70. The van der Waals surface area contributed by atoms with Crippen LogP contribution in [0.1, 0.15) is 30.9 Å². The van der Waals surface area contributed by atoms with Gasteiger partial charge in [-0.3, -0.25) is 0 Å². The molecule has 0 saturated heterocycles. The molecule has 1 aliphatic carbocycles. The number of anilines is 1. The first kappa shape index (κ1) is 11.5. The SMILES string of the molecule is CCN(C)c1ccc(C)cc1CNC1CC1. The molecule has 0 unspecified atom stereocenters. The van der Waals surface area contributed by atoms with Crippen molar-refractivity contribution in [3.05, 3.63) is 29.3 Å². The van der Waals surface area contributed by atoms with E-state index < -0.39 is 0 Å². The summed E-state index contributed by atoms with van der Waals surface area (Å²) in [5.74, 6) is 0. The highest BCUT2D eigenvalue weighted by molar-refractivity contribution is 5.54. The summed E-state index contributed by atoms with van der Waals surface area (Å²) >= 11 is 0. The van der Waals surface area contributed by atoms with E-state index in [9.17, 15) is 0 Å². The second-order valence-electron chi connectivity index (χ2n) is 4.80. The van der Waals surface area contributed by atoms with Gasteiger partial charge in [-0.25, -0.2) is 0 Å². The van der Waals surface area contributed by atoms with E-state index in [2.05, 4.69) is 49.3 Å². The molecule has 1 saturated carbocycles. The van der Waals surface area contributed by atoms with Gasteiger partial charge < -0.3 is 10.2 Å². The average Bonchev–Trinajstić information content (AvgIpc) is 3.09. The number of aryl methyl sites for hydroxylation is 1. The smallest absolute Gasteiger partial charge is 0.0409 e. The van der Waals surface area contributed by atoms with E-state index in [0.29, 0.717) is 0 Å². The Kier molecular flexibility index (Phi) is 3.49. The van der Waals surface area contributed by atoms with E-state index in [1.165, 1.54) is 29.7 Å². The number of nitrogens with zero attached hydrogens (tertiary/aromatic N) is 1. The van der Waals surface area contributed by atoms with Crippen LogP contribution in [0.15, 0.2) is 18.2 Å². The van der Waals surface area contributed by atoms with Gasteiger partial charge in [-0.15, -0.1) is 0 Å². The molecule has 2 heteroatoms. The largest absolute Gasteiger partial charge is 0.375 e. The maximum atomic E-state index is 3.59. The molecule has 0 aliphatic heterocycles. The van der Waals surface area contributed by atoms with E-state index >= 15 is 0 Å². The van der Waals surface area contributed by atoms with Gasteiger partial charge in [0.15, 0.2) is 0 Å². The van der Waals surface area contributed by atoms with E-state index in [-0.39, 0.29) is 0 Å². The molecule has 0 radical (unpaired) electrons. The zero-order valence-corrected chi connectivity index (χ0v) is 10.6. The second kappa shape index (κ2) is 4.88. The van der Waals surface area contributed by atoms with Crippen molar-refractivity contribution in [1.82, 2.24) is 5.32 Å². The lowest BCUT2D eigenvalue weighted by atomic mass is 10.1. The monoisotopic (exact) mass is 218 g/mol. The molecule has 16 heavy (non-hydrogen) atoms. The minimum Gasteiger partial charge on any atom is -0.375 e. The number of benzene rings is 1. The van der Waals surface area contributed by atoms with Gasteiger partial charge in [-0.2, -0.15) is 0 Å². The summed E-state index contributed by atoms with van der Waals surface area (Å²) < 4.78 is 0. The molecule has 0 amide bonds. The van der Waals surface area contributed by atoms with Crippen molar-refractivity contribution < 1.29 is 0 Å². The Balaban J connectivity index is 2.13. The Bertz CT molecular complexity index is 356. The Morgan fingerprint density at radius 3 is 2.75 bits per heavy atom. The van der Waals surface area contributed by atoms with Crippen molar-refractivity contribution in [1.29, 1.82) is 0 Å². The molecular weight excluding hydrogens is 196 g/mol. The van der Waals surface area contributed by atoms with Gasteiger partial charge in [0.05, 0.1) is 0 Å². The van der Waals surface area contributed by atoms with Crippen molar-refractivity contribution in [3.8, 4) is 0 Å². The molecule has 1 N–H and O–H groups in total. The molecule has 1 aromatic rings. The Labute approximate surface area is 98.7 Å². The molecule has 1 fully saturated rings. The van der Waals surface area contributed by atoms with Crippen LogP contribution in [0.4, 0.5) is 5.69 Å². The van der Waals surface area contributed by atoms with E-state index in [1.54, 1.807) is 0 Å². The number of nitrogens with one attached hydrogen (secondary N) is 1. The predicted molar refractivity (Wildman–Crippen MR) is 70.0 cm³/mol. The third kappa shape index (κ3) is 2.76. The molecule has 0 spiro atoms. The summed E-state index contributed by atoms with van der Waals surface area (Å²) in [5, 5.41) is 3.59. The van der Waals surface area contributed by atoms with Crippen LogP contribution in [0.25, 0.3) is 0 Å². The molecule has 2 rings (SSSR count). The Hall–Kier alpha value is -1.02. The van der Waals surface area contributed by atoms with Crippen LogP contribution in [-0.4, -0.2) is 19.6 Å². The van der Waals surface area contributed by atoms with Crippen LogP contribution in [0.5, 0.6) is 0 Å². The third-order valence-corrected chi connectivity index (χ3v) is 3.28. The summed E-state index contributed by atoms with van der Waals surface area (Å²) in [6.45, 7) is 6.42.